The first-order valence-electron chi connectivity index (χ1n) is 1.44. The molecule has 0 heterocycles. The van der Waals surface area contributed by atoms with Crippen molar-refractivity contribution in [3.05, 3.63) is 0 Å². The summed E-state index contributed by atoms with van der Waals surface area (Å²) >= 11 is 2.31. The van der Waals surface area contributed by atoms with Crippen LogP contribution in [0.25, 0.3) is 0 Å². The Labute approximate surface area is 52.0 Å². The molecular formula is C2H8ClSiTi. The van der Waals surface area contributed by atoms with Crippen LogP contribution in [0.3, 0.4) is 0 Å². The molecule has 0 aliphatic carbocycles. The third-order valence-electron chi connectivity index (χ3n) is 0. The Morgan fingerprint density at radius 1 is 1.40 bits per heavy atom. The largest absolute Gasteiger partial charge is 0.147 e. The Balaban J connectivity index is 0. The summed E-state index contributed by atoms with van der Waals surface area (Å²) in [6, 6.07) is 0. The predicted molar refractivity (Wildman–Crippen MR) is 26.1 cm³/mol. The van der Waals surface area contributed by atoms with Gasteiger partial charge in [-0.05, 0) is 0 Å². The maximum absolute atomic E-state index is 2.31. The van der Waals surface area contributed by atoms with Gasteiger partial charge in [0.1, 0.15) is 0 Å². The fourth-order valence-corrected chi connectivity index (χ4v) is 0. The van der Waals surface area contributed by atoms with Crippen molar-refractivity contribution in [2.24, 2.45) is 0 Å². The molecule has 5 heavy (non-hydrogen) atoms. The van der Waals surface area contributed by atoms with Gasteiger partial charge in [-0.25, -0.2) is 0 Å². The summed E-state index contributed by atoms with van der Waals surface area (Å²) in [4.78, 5) is 0. The Morgan fingerprint density at radius 2 is 1.40 bits per heavy atom. The van der Waals surface area contributed by atoms with E-state index in [1.54, 1.807) is 0 Å². The molecule has 0 N–H and O–H groups in total. The molecular weight excluding hydrogens is 135 g/mol. The normalized spacial score (nSPS) is 6.80. The van der Waals surface area contributed by atoms with E-state index >= 15 is 0 Å². The maximum atomic E-state index is 2.31. The van der Waals surface area contributed by atoms with Crippen LogP contribution in [-0.4, -0.2) is 6.66 Å². The van der Waals surface area contributed by atoms with Crippen LogP contribution in [0.2, 0.25) is 13.1 Å². The van der Waals surface area contributed by atoms with Crippen LogP contribution >= 0.6 is 12.4 Å². The van der Waals surface area contributed by atoms with Crippen LogP contribution in [0.4, 0.5) is 0 Å². The van der Waals surface area contributed by atoms with Crippen molar-refractivity contribution in [3.63, 3.8) is 0 Å². The third-order valence-corrected chi connectivity index (χ3v) is 0. The van der Waals surface area contributed by atoms with E-state index in [1.807, 2.05) is 0 Å². The molecule has 0 unspecified atom stereocenters. The molecule has 0 saturated carbocycles. The van der Waals surface area contributed by atoms with Crippen molar-refractivity contribution in [2.45, 2.75) is 13.1 Å². The third kappa shape index (κ3) is 36.3. The Bertz CT molecular complexity index is 14.4. The minimum Gasteiger partial charge on any atom is -0.147 e. The molecule has 0 radical (unpaired) electrons. The molecule has 0 aliphatic heterocycles. The van der Waals surface area contributed by atoms with Crippen LogP contribution < -0.4 is 0 Å². The van der Waals surface area contributed by atoms with E-state index in [2.05, 4.69) is 32.8 Å². The zero-order valence-electron chi connectivity index (χ0n) is 3.49. The van der Waals surface area contributed by atoms with Crippen molar-refractivity contribution in [1.82, 2.24) is 0 Å². The van der Waals surface area contributed by atoms with Gasteiger partial charge in [0.2, 0.25) is 0 Å². The van der Waals surface area contributed by atoms with Gasteiger partial charge in [-0.15, -0.1) is 12.4 Å². The van der Waals surface area contributed by atoms with E-state index in [-0.39, 0.29) is 19.1 Å². The van der Waals surface area contributed by atoms with Crippen molar-refractivity contribution >= 4 is 19.1 Å². The van der Waals surface area contributed by atoms with Gasteiger partial charge in [0.15, 0.2) is 0 Å². The summed E-state index contributed by atoms with van der Waals surface area (Å²) in [7, 11) is 0. The predicted octanol–water partition coefficient (Wildman–Crippen LogP) is 0.938. The van der Waals surface area contributed by atoms with Gasteiger partial charge in [-0.1, -0.05) is 0 Å². The van der Waals surface area contributed by atoms with Crippen molar-refractivity contribution in [1.29, 1.82) is 0 Å². The SMILES string of the molecule is C[SiH](C)[Ti].Cl. The summed E-state index contributed by atoms with van der Waals surface area (Å²) < 4.78 is 0. The van der Waals surface area contributed by atoms with Gasteiger partial charge in [0, 0.05) is 0 Å². The zero-order valence-corrected chi connectivity index (χ0v) is 7.02. The Hall–Kier alpha value is 1.22. The summed E-state index contributed by atoms with van der Waals surface area (Å²) in [6.07, 6.45) is 0. The summed E-state index contributed by atoms with van der Waals surface area (Å²) in [5.41, 5.74) is 0. The topological polar surface area (TPSA) is 0 Å². The van der Waals surface area contributed by atoms with Crippen LogP contribution in [0.5, 0.6) is 0 Å². The van der Waals surface area contributed by atoms with Crippen LogP contribution in [-0.2, 0) is 19.7 Å². The summed E-state index contributed by atoms with van der Waals surface area (Å²) in [5, 5.41) is 0. The fraction of sp³-hybridized carbons (Fsp3) is 1.00. The molecule has 0 amide bonds. The first kappa shape index (κ1) is 9.52. The number of hydrogen-bond acceptors (Lipinski definition) is 0. The molecule has 31 valence electrons. The molecule has 0 bridgehead atoms. The summed E-state index contributed by atoms with van der Waals surface area (Å²) in [5.74, 6) is 0. The number of halogens is 1. The fourth-order valence-electron chi connectivity index (χ4n) is 0. The van der Waals surface area contributed by atoms with E-state index < -0.39 is 0 Å². The molecule has 0 spiro atoms. The van der Waals surface area contributed by atoms with E-state index in [9.17, 15) is 0 Å². The average Bonchev–Trinajstić information content (AvgIpc) is 0.811. The molecule has 0 aliphatic rings. The maximum Gasteiger partial charge on any atom is -0.147 e. The molecule has 0 fully saturated rings. The van der Waals surface area contributed by atoms with Gasteiger partial charge >= 0.3 is 39.4 Å². The van der Waals surface area contributed by atoms with Gasteiger partial charge in [-0.2, -0.15) is 0 Å². The Kier molecular flexibility index (Phi) is 9.94. The molecule has 0 saturated heterocycles. The second-order valence-corrected chi connectivity index (χ2v) is 8.87. The monoisotopic (exact) mass is 143 g/mol. The van der Waals surface area contributed by atoms with Gasteiger partial charge in [0.05, 0.1) is 0 Å². The second-order valence-electron chi connectivity index (χ2n) is 1.15. The molecule has 0 aromatic carbocycles. The van der Waals surface area contributed by atoms with Gasteiger partial charge < -0.3 is 0 Å². The van der Waals surface area contributed by atoms with Crippen molar-refractivity contribution < 1.29 is 19.7 Å². The summed E-state index contributed by atoms with van der Waals surface area (Å²) in [6.45, 7) is 4.47. The second kappa shape index (κ2) is 5.22. The smallest absolute Gasteiger partial charge is 0.147 e. The zero-order chi connectivity index (χ0) is 3.58. The van der Waals surface area contributed by atoms with Crippen LogP contribution in [0, 0.1) is 0 Å². The molecule has 3 heteroatoms. The number of hydrogen-bond donors (Lipinski definition) is 0. The molecule has 0 rings (SSSR count). The molecule has 0 nitrogen and oxygen atoms in total. The quantitative estimate of drug-likeness (QED) is 0.443. The molecule has 0 atom stereocenters. The van der Waals surface area contributed by atoms with E-state index in [0.717, 1.165) is 0 Å². The van der Waals surface area contributed by atoms with E-state index in [4.69, 9.17) is 0 Å². The van der Waals surface area contributed by atoms with Gasteiger partial charge in [-0.3, -0.25) is 0 Å². The van der Waals surface area contributed by atoms with Gasteiger partial charge in [0.25, 0.3) is 0 Å². The standard InChI is InChI=1S/C2H7Si.ClH.Ti/c1-3-2;;/h3H,1-2H3;1H;. The average molecular weight is 143 g/mol. The molecule has 0 aromatic heterocycles. The van der Waals surface area contributed by atoms with Crippen LogP contribution in [0.15, 0.2) is 0 Å². The van der Waals surface area contributed by atoms with E-state index in [0.29, 0.717) is 0 Å². The Morgan fingerprint density at radius 3 is 1.40 bits per heavy atom. The first-order valence-corrected chi connectivity index (χ1v) is 7.03. The minimum absolute atomic E-state index is 0. The van der Waals surface area contributed by atoms with Crippen molar-refractivity contribution in [3.8, 4) is 0 Å². The minimum atomic E-state index is -0.139. The first-order chi connectivity index (χ1) is 1.73. The van der Waals surface area contributed by atoms with E-state index in [1.165, 1.54) is 0 Å². The number of rotatable bonds is 0. The van der Waals surface area contributed by atoms with Crippen molar-refractivity contribution in [2.75, 3.05) is 0 Å². The molecule has 0 aromatic rings. The van der Waals surface area contributed by atoms with Crippen LogP contribution in [0.1, 0.15) is 0 Å².